The molecule has 3 aromatic carbocycles. The SMILES string of the molecule is CCc1c(Cc2ccccc2)ccc(N=Nc2ccccc2)c1N. The summed E-state index contributed by atoms with van der Waals surface area (Å²) in [5, 5.41) is 8.60. The molecule has 0 bridgehead atoms. The summed E-state index contributed by atoms with van der Waals surface area (Å²) in [5.41, 5.74) is 12.3. The minimum atomic E-state index is 0.727. The molecule has 0 heterocycles. The summed E-state index contributed by atoms with van der Waals surface area (Å²) >= 11 is 0. The number of nitrogens with two attached hydrogens (primary N) is 1. The van der Waals surface area contributed by atoms with Gasteiger partial charge in [0.25, 0.3) is 0 Å². The lowest BCUT2D eigenvalue weighted by atomic mass is 9.96. The molecule has 3 rings (SSSR count). The van der Waals surface area contributed by atoms with Crippen LogP contribution in [0.1, 0.15) is 23.6 Å². The van der Waals surface area contributed by atoms with Crippen LogP contribution < -0.4 is 5.73 Å². The molecule has 0 aromatic heterocycles. The maximum Gasteiger partial charge on any atom is 0.109 e. The van der Waals surface area contributed by atoms with Crippen LogP contribution in [0.15, 0.2) is 83.0 Å². The second-order valence-electron chi connectivity index (χ2n) is 5.69. The Morgan fingerprint density at radius 3 is 2.12 bits per heavy atom. The van der Waals surface area contributed by atoms with Gasteiger partial charge in [-0.3, -0.25) is 0 Å². The number of nitrogen functional groups attached to an aromatic ring is 1. The molecule has 0 saturated carbocycles. The van der Waals surface area contributed by atoms with Gasteiger partial charge in [0.1, 0.15) is 5.69 Å². The molecular formula is C21H21N3. The predicted molar refractivity (Wildman–Crippen MR) is 100 cm³/mol. The summed E-state index contributed by atoms with van der Waals surface area (Å²) in [6.45, 7) is 2.12. The third kappa shape index (κ3) is 3.69. The molecule has 24 heavy (non-hydrogen) atoms. The van der Waals surface area contributed by atoms with E-state index in [4.69, 9.17) is 5.73 Å². The second kappa shape index (κ2) is 7.55. The smallest absolute Gasteiger partial charge is 0.109 e. The molecule has 0 unspecified atom stereocenters. The standard InChI is InChI=1S/C21H21N3/c1-2-19-17(15-16-9-5-3-6-10-16)13-14-20(21(19)22)24-23-18-11-7-4-8-12-18/h3-14H,2,15,22H2,1H3. The molecule has 0 amide bonds. The Kier molecular flexibility index (Phi) is 5.02. The van der Waals surface area contributed by atoms with Crippen LogP contribution in [-0.2, 0) is 12.8 Å². The number of hydrogen-bond acceptors (Lipinski definition) is 3. The summed E-state index contributed by atoms with van der Waals surface area (Å²) in [6, 6.07) is 24.2. The zero-order valence-corrected chi connectivity index (χ0v) is 13.8. The zero-order valence-electron chi connectivity index (χ0n) is 13.8. The van der Waals surface area contributed by atoms with Crippen LogP contribution in [0.2, 0.25) is 0 Å². The van der Waals surface area contributed by atoms with Gasteiger partial charge in [-0.1, -0.05) is 61.5 Å². The van der Waals surface area contributed by atoms with E-state index in [9.17, 15) is 0 Å². The maximum absolute atomic E-state index is 6.36. The van der Waals surface area contributed by atoms with Crippen molar-refractivity contribution in [2.75, 3.05) is 5.73 Å². The van der Waals surface area contributed by atoms with Crippen molar-refractivity contribution in [3.8, 4) is 0 Å². The predicted octanol–water partition coefficient (Wildman–Crippen LogP) is 5.84. The minimum absolute atomic E-state index is 0.727. The van der Waals surface area contributed by atoms with Gasteiger partial charge in [0.2, 0.25) is 0 Å². The van der Waals surface area contributed by atoms with E-state index in [1.165, 1.54) is 11.1 Å². The Labute approximate surface area is 142 Å². The van der Waals surface area contributed by atoms with Crippen LogP contribution in [0.25, 0.3) is 0 Å². The molecule has 0 radical (unpaired) electrons. The maximum atomic E-state index is 6.36. The van der Waals surface area contributed by atoms with Crippen LogP contribution in [0.3, 0.4) is 0 Å². The van der Waals surface area contributed by atoms with Gasteiger partial charge in [0.15, 0.2) is 0 Å². The van der Waals surface area contributed by atoms with Crippen LogP contribution >= 0.6 is 0 Å². The average Bonchev–Trinajstić information content (AvgIpc) is 2.63. The van der Waals surface area contributed by atoms with E-state index in [-0.39, 0.29) is 0 Å². The van der Waals surface area contributed by atoms with Gasteiger partial charge in [-0.05, 0) is 47.7 Å². The monoisotopic (exact) mass is 315 g/mol. The highest BCUT2D eigenvalue weighted by molar-refractivity contribution is 5.69. The molecule has 0 aliphatic rings. The largest absolute Gasteiger partial charge is 0.397 e. The first-order chi connectivity index (χ1) is 11.8. The Morgan fingerprint density at radius 1 is 0.792 bits per heavy atom. The Balaban J connectivity index is 1.89. The van der Waals surface area contributed by atoms with E-state index in [2.05, 4.69) is 47.5 Å². The van der Waals surface area contributed by atoms with E-state index in [1.54, 1.807) is 0 Å². The van der Waals surface area contributed by atoms with Crippen LogP contribution in [0.4, 0.5) is 17.1 Å². The molecular weight excluding hydrogens is 294 g/mol. The topological polar surface area (TPSA) is 50.7 Å². The fourth-order valence-electron chi connectivity index (χ4n) is 2.79. The van der Waals surface area contributed by atoms with E-state index in [0.717, 1.165) is 35.5 Å². The summed E-state index contributed by atoms with van der Waals surface area (Å²) in [5.74, 6) is 0. The van der Waals surface area contributed by atoms with Crippen molar-refractivity contribution in [1.29, 1.82) is 0 Å². The Morgan fingerprint density at radius 2 is 1.46 bits per heavy atom. The van der Waals surface area contributed by atoms with Crippen molar-refractivity contribution in [3.63, 3.8) is 0 Å². The molecule has 120 valence electrons. The van der Waals surface area contributed by atoms with E-state index in [1.807, 2.05) is 42.5 Å². The highest BCUT2D eigenvalue weighted by Gasteiger charge is 2.10. The highest BCUT2D eigenvalue weighted by Crippen LogP contribution is 2.31. The van der Waals surface area contributed by atoms with Crippen molar-refractivity contribution in [3.05, 3.63) is 89.5 Å². The molecule has 3 nitrogen and oxygen atoms in total. The summed E-state index contributed by atoms with van der Waals surface area (Å²) in [4.78, 5) is 0. The zero-order chi connectivity index (χ0) is 16.8. The summed E-state index contributed by atoms with van der Waals surface area (Å²) in [6.07, 6.45) is 1.76. The second-order valence-corrected chi connectivity index (χ2v) is 5.69. The first-order valence-corrected chi connectivity index (χ1v) is 8.19. The van der Waals surface area contributed by atoms with Gasteiger partial charge < -0.3 is 5.73 Å². The van der Waals surface area contributed by atoms with Gasteiger partial charge >= 0.3 is 0 Å². The lowest BCUT2D eigenvalue weighted by molar-refractivity contribution is 1.06. The fraction of sp³-hybridized carbons (Fsp3) is 0.143. The number of rotatable bonds is 5. The molecule has 0 atom stereocenters. The van der Waals surface area contributed by atoms with Gasteiger partial charge in [0, 0.05) is 0 Å². The average molecular weight is 315 g/mol. The van der Waals surface area contributed by atoms with Crippen molar-refractivity contribution >= 4 is 17.1 Å². The third-order valence-electron chi connectivity index (χ3n) is 4.05. The molecule has 3 heteroatoms. The Hall–Kier alpha value is -2.94. The number of azo groups is 1. The quantitative estimate of drug-likeness (QED) is 0.467. The van der Waals surface area contributed by atoms with Crippen molar-refractivity contribution < 1.29 is 0 Å². The normalized spacial score (nSPS) is 11.0. The molecule has 0 fully saturated rings. The molecule has 0 spiro atoms. The molecule has 2 N–H and O–H groups in total. The van der Waals surface area contributed by atoms with Crippen molar-refractivity contribution in [1.82, 2.24) is 0 Å². The van der Waals surface area contributed by atoms with Gasteiger partial charge in [-0.25, -0.2) is 0 Å². The first-order valence-electron chi connectivity index (χ1n) is 8.19. The lowest BCUT2D eigenvalue weighted by Crippen LogP contribution is -2.00. The number of benzene rings is 3. The number of nitrogens with zero attached hydrogens (tertiary/aromatic N) is 2. The van der Waals surface area contributed by atoms with Gasteiger partial charge in [-0.15, -0.1) is 5.11 Å². The van der Waals surface area contributed by atoms with Crippen molar-refractivity contribution in [2.45, 2.75) is 19.8 Å². The van der Waals surface area contributed by atoms with Gasteiger partial charge in [-0.2, -0.15) is 5.11 Å². The fourth-order valence-corrected chi connectivity index (χ4v) is 2.79. The highest BCUT2D eigenvalue weighted by atomic mass is 15.1. The van der Waals surface area contributed by atoms with Crippen molar-refractivity contribution in [2.24, 2.45) is 10.2 Å². The van der Waals surface area contributed by atoms with Crippen LogP contribution in [-0.4, -0.2) is 0 Å². The number of anilines is 1. The number of hydrogen-bond donors (Lipinski definition) is 1. The van der Waals surface area contributed by atoms with E-state index in [0.29, 0.717) is 0 Å². The van der Waals surface area contributed by atoms with Gasteiger partial charge in [0.05, 0.1) is 11.4 Å². The molecule has 0 aliphatic carbocycles. The van der Waals surface area contributed by atoms with Crippen LogP contribution in [0.5, 0.6) is 0 Å². The lowest BCUT2D eigenvalue weighted by Gasteiger charge is -2.12. The first kappa shape index (κ1) is 15.9. The minimum Gasteiger partial charge on any atom is -0.397 e. The molecule has 3 aromatic rings. The Bertz CT molecular complexity index is 824. The molecule has 0 aliphatic heterocycles. The van der Waals surface area contributed by atoms with Crippen LogP contribution in [0, 0.1) is 0 Å². The molecule has 0 saturated heterocycles. The van der Waals surface area contributed by atoms with E-state index < -0.39 is 0 Å². The summed E-state index contributed by atoms with van der Waals surface area (Å²) < 4.78 is 0. The van der Waals surface area contributed by atoms with E-state index >= 15 is 0 Å². The summed E-state index contributed by atoms with van der Waals surface area (Å²) in [7, 11) is 0. The third-order valence-corrected chi connectivity index (χ3v) is 4.05.